The molecule has 1 saturated heterocycles. The van der Waals surface area contributed by atoms with Crippen molar-refractivity contribution in [1.29, 1.82) is 0 Å². The summed E-state index contributed by atoms with van der Waals surface area (Å²) in [5, 5.41) is 2.01. The third kappa shape index (κ3) is 4.30. The minimum atomic E-state index is -0.471. The normalized spacial score (nSPS) is 28.6. The Morgan fingerprint density at radius 1 is 0.907 bits per heavy atom. The lowest BCUT2D eigenvalue weighted by Gasteiger charge is -2.43. The van der Waals surface area contributed by atoms with E-state index < -0.39 is 17.7 Å². The molecule has 11 heteroatoms. The topological polar surface area (TPSA) is 79.5 Å². The van der Waals surface area contributed by atoms with Gasteiger partial charge in [-0.25, -0.2) is 4.39 Å². The fourth-order valence-corrected chi connectivity index (χ4v) is 11.0. The van der Waals surface area contributed by atoms with E-state index in [1.165, 1.54) is 40.5 Å². The number of rotatable bonds is 5. The van der Waals surface area contributed by atoms with Crippen LogP contribution in [0.25, 0.3) is 0 Å². The van der Waals surface area contributed by atoms with Crippen molar-refractivity contribution in [3.05, 3.63) is 108 Å². The summed E-state index contributed by atoms with van der Waals surface area (Å²) < 4.78 is 20.0. The van der Waals surface area contributed by atoms with E-state index >= 15 is 0 Å². The first-order valence-corrected chi connectivity index (χ1v) is 16.4. The summed E-state index contributed by atoms with van der Waals surface area (Å²) >= 11 is 15.4. The van der Waals surface area contributed by atoms with E-state index in [2.05, 4.69) is 4.98 Å². The first-order valence-electron chi connectivity index (χ1n) is 14.0. The number of carbonyl (C=O) groups excluding carboxylic acids is 2. The number of nitrogens with one attached hydrogen (secondary N) is 1. The molecule has 3 aromatic carbocycles. The lowest BCUT2D eigenvalue weighted by Crippen LogP contribution is -2.42. The molecule has 7 atom stereocenters. The van der Waals surface area contributed by atoms with E-state index in [1.807, 2.05) is 36.4 Å². The van der Waals surface area contributed by atoms with Crippen LogP contribution in [0.2, 0.25) is 10.0 Å². The Bertz CT molecular complexity index is 1840. The molecule has 1 N–H and O–H groups in total. The van der Waals surface area contributed by atoms with Gasteiger partial charge in [0.25, 0.3) is 0 Å². The number of thioether (sulfide) groups is 1. The molecule has 2 aliphatic heterocycles. The highest BCUT2D eigenvalue weighted by atomic mass is 35.5. The summed E-state index contributed by atoms with van der Waals surface area (Å²) in [5.74, 6) is -1.51. The molecule has 0 spiro atoms. The maximum absolute atomic E-state index is 13.9. The van der Waals surface area contributed by atoms with Crippen molar-refractivity contribution in [1.82, 2.24) is 4.98 Å². The van der Waals surface area contributed by atoms with E-state index in [9.17, 15) is 18.8 Å². The first kappa shape index (κ1) is 27.4. The summed E-state index contributed by atoms with van der Waals surface area (Å²) in [7, 11) is 0. The number of benzene rings is 3. The largest absolute Gasteiger partial charge is 0.489 e. The van der Waals surface area contributed by atoms with Crippen LogP contribution in [0.3, 0.4) is 0 Å². The van der Waals surface area contributed by atoms with Crippen LogP contribution in [0.1, 0.15) is 28.3 Å². The number of thiazole rings is 1. The van der Waals surface area contributed by atoms with E-state index in [4.69, 9.17) is 27.9 Å². The standard InChI is InChI=1S/C32H23Cl2FN2O4S2/c33-15-3-1-14(2-4-15)13-41-22-10-5-16(34)11-19(22)23-24-20-12-21(27(24)42-29-28(23)43-32(40)36-29)26-25(20)30(38)37(31(26)39)18-8-6-17(35)7-9-18/h1-11,20-21,23-27H,12-13H2,(H,36,40)/t20?,21?,23-,24?,25?,26?,27?/m1/s1. The van der Waals surface area contributed by atoms with E-state index in [-0.39, 0.29) is 45.6 Å². The number of nitrogens with zero attached hydrogens (tertiary/aromatic N) is 1. The maximum atomic E-state index is 13.9. The fraction of sp³-hybridized carbons (Fsp3) is 0.281. The van der Waals surface area contributed by atoms with Crippen molar-refractivity contribution in [2.45, 2.75) is 29.2 Å². The molecule has 6 nitrogen and oxygen atoms in total. The van der Waals surface area contributed by atoms with Gasteiger partial charge in [0.1, 0.15) is 18.2 Å². The van der Waals surface area contributed by atoms with Gasteiger partial charge in [-0.1, -0.05) is 46.7 Å². The zero-order chi connectivity index (χ0) is 29.6. The van der Waals surface area contributed by atoms with Gasteiger partial charge in [0, 0.05) is 31.7 Å². The van der Waals surface area contributed by atoms with E-state index in [0.717, 1.165) is 27.5 Å². The second kappa shape index (κ2) is 10.2. The number of aromatic nitrogens is 1. The molecule has 4 aromatic rings. The average Bonchev–Trinajstić information content (AvgIpc) is 3.73. The maximum Gasteiger partial charge on any atom is 0.305 e. The van der Waals surface area contributed by atoms with Crippen molar-refractivity contribution < 1.29 is 18.7 Å². The average molecular weight is 654 g/mol. The van der Waals surface area contributed by atoms with Gasteiger partial charge in [-0.2, -0.15) is 0 Å². The Kier molecular flexibility index (Phi) is 6.53. The molecular weight excluding hydrogens is 630 g/mol. The second-order valence-electron chi connectivity index (χ2n) is 11.5. The van der Waals surface area contributed by atoms with Gasteiger partial charge in [0.15, 0.2) is 0 Å². The lowest BCUT2D eigenvalue weighted by molar-refractivity contribution is -0.123. The molecule has 8 rings (SSSR count). The number of aromatic amines is 1. The first-order chi connectivity index (χ1) is 20.8. The Morgan fingerprint density at radius 2 is 1.60 bits per heavy atom. The SMILES string of the molecule is O=C1C2C3CC(C2C(=O)N1c1ccc(F)cc1)C1C3Sc2[nH]c(=O)sc2[C@@H]1c1cc(Cl)ccc1OCc1ccc(Cl)cc1. The van der Waals surface area contributed by atoms with Crippen LogP contribution < -0.4 is 14.5 Å². The minimum absolute atomic E-state index is 0.0158. The Balaban J connectivity index is 1.20. The fourth-order valence-electron chi connectivity index (χ4n) is 7.85. The molecule has 3 heterocycles. The van der Waals surface area contributed by atoms with Gasteiger partial charge in [-0.3, -0.25) is 19.3 Å². The molecule has 4 aliphatic rings. The van der Waals surface area contributed by atoms with Crippen LogP contribution in [-0.4, -0.2) is 22.0 Å². The summed E-state index contributed by atoms with van der Waals surface area (Å²) in [6, 6.07) is 18.5. The molecule has 0 radical (unpaired) electrons. The molecule has 218 valence electrons. The monoisotopic (exact) mass is 652 g/mol. The lowest BCUT2D eigenvalue weighted by atomic mass is 9.68. The number of H-pyrrole nitrogens is 1. The van der Waals surface area contributed by atoms with Gasteiger partial charge < -0.3 is 9.72 Å². The Morgan fingerprint density at radius 3 is 2.35 bits per heavy atom. The van der Waals surface area contributed by atoms with Gasteiger partial charge in [0.2, 0.25) is 11.8 Å². The molecule has 1 aromatic heterocycles. The van der Waals surface area contributed by atoms with Crippen molar-refractivity contribution in [3.63, 3.8) is 0 Å². The summed E-state index contributed by atoms with van der Waals surface area (Å²) in [6.45, 7) is 0.313. The number of hydrogen-bond acceptors (Lipinski definition) is 6. The van der Waals surface area contributed by atoms with Crippen LogP contribution in [0.4, 0.5) is 10.1 Å². The molecular formula is C32H23Cl2FN2O4S2. The van der Waals surface area contributed by atoms with Crippen molar-refractivity contribution in [2.24, 2.45) is 29.6 Å². The Hall–Kier alpha value is -3.11. The molecule has 6 unspecified atom stereocenters. The van der Waals surface area contributed by atoms with Crippen molar-refractivity contribution in [2.75, 3.05) is 4.90 Å². The van der Waals surface area contributed by atoms with Crippen LogP contribution in [0.5, 0.6) is 5.75 Å². The quantitative estimate of drug-likeness (QED) is 0.232. The number of hydrogen-bond donors (Lipinski definition) is 1. The van der Waals surface area contributed by atoms with E-state index in [1.54, 1.807) is 17.8 Å². The zero-order valence-corrected chi connectivity index (χ0v) is 25.5. The molecule has 2 bridgehead atoms. The number of halogens is 3. The highest BCUT2D eigenvalue weighted by Crippen LogP contribution is 2.69. The summed E-state index contributed by atoms with van der Waals surface area (Å²) in [5.41, 5.74) is 2.21. The number of imide groups is 1. The van der Waals surface area contributed by atoms with Crippen molar-refractivity contribution in [3.8, 4) is 5.75 Å². The predicted octanol–water partition coefficient (Wildman–Crippen LogP) is 7.14. The molecule has 3 fully saturated rings. The van der Waals surface area contributed by atoms with Crippen LogP contribution in [0.15, 0.2) is 76.6 Å². The number of anilines is 1. The van der Waals surface area contributed by atoms with Crippen molar-refractivity contribution >= 4 is 63.8 Å². The zero-order valence-electron chi connectivity index (χ0n) is 22.3. The summed E-state index contributed by atoms with van der Waals surface area (Å²) in [6.07, 6.45) is 0.754. The molecule has 2 amide bonds. The van der Waals surface area contributed by atoms with Crippen LogP contribution in [-0.2, 0) is 16.2 Å². The molecule has 43 heavy (non-hydrogen) atoms. The van der Waals surface area contributed by atoms with Gasteiger partial charge in [0.05, 0.1) is 22.5 Å². The summed E-state index contributed by atoms with van der Waals surface area (Å²) in [4.78, 5) is 45.5. The highest BCUT2D eigenvalue weighted by Gasteiger charge is 2.69. The van der Waals surface area contributed by atoms with Gasteiger partial charge >= 0.3 is 4.87 Å². The molecule has 2 aliphatic carbocycles. The molecule has 2 saturated carbocycles. The predicted molar refractivity (Wildman–Crippen MR) is 165 cm³/mol. The second-order valence-corrected chi connectivity index (χ2v) is 14.6. The number of carbonyl (C=O) groups is 2. The van der Waals surface area contributed by atoms with E-state index in [0.29, 0.717) is 28.1 Å². The number of fused-ring (bicyclic) bond motifs is 9. The van der Waals surface area contributed by atoms with Crippen LogP contribution in [0, 0.1) is 35.4 Å². The number of amides is 2. The number of ether oxygens (including phenoxy) is 1. The third-order valence-corrected chi connectivity index (χ3v) is 12.5. The third-order valence-electron chi connectivity index (χ3n) is 9.42. The van der Waals surface area contributed by atoms with Gasteiger partial charge in [-0.05, 0) is 84.3 Å². The van der Waals surface area contributed by atoms with Crippen LogP contribution >= 0.6 is 46.3 Å². The smallest absolute Gasteiger partial charge is 0.305 e. The minimum Gasteiger partial charge on any atom is -0.489 e. The Labute approximate surface area is 264 Å². The van der Waals surface area contributed by atoms with Gasteiger partial charge in [-0.15, -0.1) is 11.8 Å². The highest BCUT2D eigenvalue weighted by molar-refractivity contribution is 8.00.